The number of aromatic nitrogens is 1. The van der Waals surface area contributed by atoms with Crippen LogP contribution in [0, 0.1) is 5.82 Å². The van der Waals surface area contributed by atoms with E-state index in [0.29, 0.717) is 22.9 Å². The molecule has 126 valence electrons. The maximum absolute atomic E-state index is 13.8. The average molecular weight is 392 g/mol. The summed E-state index contributed by atoms with van der Waals surface area (Å²) in [6, 6.07) is 10.9. The molecule has 1 amide bonds. The molecule has 0 saturated carbocycles. The Morgan fingerprint density at radius 3 is 3.00 bits per heavy atom. The van der Waals surface area contributed by atoms with Crippen LogP contribution in [0.4, 0.5) is 10.2 Å². The summed E-state index contributed by atoms with van der Waals surface area (Å²) in [6.07, 6.45) is 3.36. The van der Waals surface area contributed by atoms with Crippen molar-refractivity contribution in [3.05, 3.63) is 58.4 Å². The zero-order chi connectivity index (χ0) is 16.9. The summed E-state index contributed by atoms with van der Waals surface area (Å²) >= 11 is 3.23. The van der Waals surface area contributed by atoms with Gasteiger partial charge in [-0.15, -0.1) is 0 Å². The first-order valence-corrected chi connectivity index (χ1v) is 8.80. The van der Waals surface area contributed by atoms with Crippen LogP contribution in [0.1, 0.15) is 18.4 Å². The number of nitrogens with one attached hydrogen (secondary N) is 1. The third-order valence-electron chi connectivity index (χ3n) is 4.16. The Labute approximate surface area is 149 Å². The van der Waals surface area contributed by atoms with Gasteiger partial charge in [-0.2, -0.15) is 0 Å². The number of nitrogens with zero attached hydrogens (tertiary/aromatic N) is 2. The summed E-state index contributed by atoms with van der Waals surface area (Å²) in [5.41, 5.74) is 0.565. The van der Waals surface area contributed by atoms with Gasteiger partial charge in [0, 0.05) is 36.2 Å². The Morgan fingerprint density at radius 1 is 1.38 bits per heavy atom. The zero-order valence-corrected chi connectivity index (χ0v) is 14.8. The number of aryl methyl sites for hydroxylation is 1. The van der Waals surface area contributed by atoms with Gasteiger partial charge in [0.05, 0.1) is 0 Å². The topological polar surface area (TPSA) is 45.2 Å². The van der Waals surface area contributed by atoms with Gasteiger partial charge in [-0.05, 0) is 42.7 Å². The molecule has 1 aromatic carbocycles. The maximum Gasteiger partial charge on any atom is 0.220 e. The molecule has 1 atom stereocenters. The predicted molar refractivity (Wildman–Crippen MR) is 95.4 cm³/mol. The third kappa shape index (κ3) is 4.32. The summed E-state index contributed by atoms with van der Waals surface area (Å²) in [5, 5.41) is 3.04. The largest absolute Gasteiger partial charge is 0.354 e. The molecule has 0 aliphatic carbocycles. The molecule has 2 heterocycles. The SMILES string of the molecule is O=C(CCc1ccc(Br)cc1F)NC1CCN(c2ccccn2)C1. The first-order valence-electron chi connectivity index (χ1n) is 8.01. The molecule has 2 aromatic rings. The van der Waals surface area contributed by atoms with Crippen molar-refractivity contribution in [3.8, 4) is 0 Å². The van der Waals surface area contributed by atoms with Gasteiger partial charge in [-0.25, -0.2) is 9.37 Å². The number of halogens is 2. The second-order valence-corrected chi connectivity index (χ2v) is 6.84. The lowest BCUT2D eigenvalue weighted by molar-refractivity contribution is -0.121. The van der Waals surface area contributed by atoms with Crippen LogP contribution in [0.2, 0.25) is 0 Å². The van der Waals surface area contributed by atoms with Crippen molar-refractivity contribution in [2.45, 2.75) is 25.3 Å². The van der Waals surface area contributed by atoms with Crippen LogP contribution in [-0.2, 0) is 11.2 Å². The van der Waals surface area contributed by atoms with E-state index >= 15 is 0 Å². The zero-order valence-electron chi connectivity index (χ0n) is 13.2. The number of carbonyl (C=O) groups excluding carboxylic acids is 1. The Kier molecular flexibility index (Phi) is 5.45. The number of carbonyl (C=O) groups is 1. The summed E-state index contributed by atoms with van der Waals surface area (Å²) < 4.78 is 14.5. The van der Waals surface area contributed by atoms with Crippen molar-refractivity contribution >= 4 is 27.7 Å². The Balaban J connectivity index is 1.47. The van der Waals surface area contributed by atoms with Crippen molar-refractivity contribution in [3.63, 3.8) is 0 Å². The molecule has 1 saturated heterocycles. The van der Waals surface area contributed by atoms with Crippen LogP contribution in [0.25, 0.3) is 0 Å². The predicted octanol–water partition coefficient (Wildman–Crippen LogP) is 3.31. The van der Waals surface area contributed by atoms with Crippen LogP contribution < -0.4 is 10.2 Å². The smallest absolute Gasteiger partial charge is 0.220 e. The number of benzene rings is 1. The van der Waals surface area contributed by atoms with E-state index in [-0.39, 0.29) is 17.8 Å². The fourth-order valence-corrected chi connectivity index (χ4v) is 3.23. The Bertz CT molecular complexity index is 711. The molecule has 1 aliphatic heterocycles. The van der Waals surface area contributed by atoms with Gasteiger partial charge in [0.2, 0.25) is 5.91 Å². The molecule has 1 N–H and O–H groups in total. The highest BCUT2D eigenvalue weighted by molar-refractivity contribution is 9.10. The summed E-state index contributed by atoms with van der Waals surface area (Å²) in [7, 11) is 0. The highest BCUT2D eigenvalue weighted by Crippen LogP contribution is 2.18. The minimum atomic E-state index is -0.278. The van der Waals surface area contributed by atoms with Crippen LogP contribution in [-0.4, -0.2) is 30.0 Å². The second-order valence-electron chi connectivity index (χ2n) is 5.92. The van der Waals surface area contributed by atoms with Crippen molar-refractivity contribution in [2.75, 3.05) is 18.0 Å². The van der Waals surface area contributed by atoms with Crippen molar-refractivity contribution < 1.29 is 9.18 Å². The van der Waals surface area contributed by atoms with Gasteiger partial charge in [0.15, 0.2) is 0 Å². The fraction of sp³-hybridized carbons (Fsp3) is 0.333. The van der Waals surface area contributed by atoms with Crippen LogP contribution in [0.5, 0.6) is 0 Å². The number of hydrogen-bond donors (Lipinski definition) is 1. The van der Waals surface area contributed by atoms with Crippen LogP contribution >= 0.6 is 15.9 Å². The fourth-order valence-electron chi connectivity index (χ4n) is 2.90. The number of pyridine rings is 1. The number of anilines is 1. The van der Waals surface area contributed by atoms with Gasteiger partial charge in [-0.1, -0.05) is 28.1 Å². The Hall–Kier alpha value is -1.95. The summed E-state index contributed by atoms with van der Waals surface area (Å²) in [4.78, 5) is 18.6. The van der Waals surface area contributed by atoms with Crippen molar-refractivity contribution in [1.82, 2.24) is 10.3 Å². The molecule has 4 nitrogen and oxygen atoms in total. The van der Waals surface area contributed by atoms with E-state index in [1.54, 1.807) is 18.3 Å². The lowest BCUT2D eigenvalue weighted by Gasteiger charge is -2.17. The van der Waals surface area contributed by atoms with E-state index in [4.69, 9.17) is 0 Å². The average Bonchev–Trinajstić information content (AvgIpc) is 3.03. The molecule has 0 bridgehead atoms. The lowest BCUT2D eigenvalue weighted by Crippen LogP contribution is -2.37. The molecule has 0 radical (unpaired) electrons. The van der Waals surface area contributed by atoms with Crippen LogP contribution in [0.3, 0.4) is 0 Å². The van der Waals surface area contributed by atoms with Gasteiger partial charge >= 0.3 is 0 Å². The Morgan fingerprint density at radius 2 is 2.25 bits per heavy atom. The van der Waals surface area contributed by atoms with Gasteiger partial charge in [-0.3, -0.25) is 4.79 Å². The van der Waals surface area contributed by atoms with E-state index in [0.717, 1.165) is 25.3 Å². The molecule has 6 heteroatoms. The van der Waals surface area contributed by atoms with Gasteiger partial charge in [0.25, 0.3) is 0 Å². The maximum atomic E-state index is 13.8. The van der Waals surface area contributed by atoms with Gasteiger partial charge in [0.1, 0.15) is 11.6 Å². The number of hydrogen-bond acceptors (Lipinski definition) is 3. The highest BCUT2D eigenvalue weighted by Gasteiger charge is 2.24. The minimum absolute atomic E-state index is 0.0369. The van der Waals surface area contributed by atoms with Crippen LogP contribution in [0.15, 0.2) is 47.1 Å². The molecule has 1 aromatic heterocycles. The number of amides is 1. The first-order chi connectivity index (χ1) is 11.6. The molecular formula is C18H19BrFN3O. The molecule has 1 unspecified atom stereocenters. The van der Waals surface area contributed by atoms with E-state index in [9.17, 15) is 9.18 Å². The number of rotatable bonds is 5. The van der Waals surface area contributed by atoms with Crippen molar-refractivity contribution in [2.24, 2.45) is 0 Å². The van der Waals surface area contributed by atoms with E-state index in [1.165, 1.54) is 6.07 Å². The van der Waals surface area contributed by atoms with E-state index in [2.05, 4.69) is 31.1 Å². The van der Waals surface area contributed by atoms with E-state index in [1.807, 2.05) is 18.2 Å². The molecule has 1 fully saturated rings. The molecular weight excluding hydrogens is 373 g/mol. The van der Waals surface area contributed by atoms with E-state index < -0.39 is 0 Å². The molecule has 3 rings (SSSR count). The minimum Gasteiger partial charge on any atom is -0.354 e. The normalized spacial score (nSPS) is 17.1. The third-order valence-corrected chi connectivity index (χ3v) is 4.66. The monoisotopic (exact) mass is 391 g/mol. The summed E-state index contributed by atoms with van der Waals surface area (Å²) in [5.74, 6) is 0.621. The highest BCUT2D eigenvalue weighted by atomic mass is 79.9. The summed E-state index contributed by atoms with van der Waals surface area (Å²) in [6.45, 7) is 1.64. The van der Waals surface area contributed by atoms with Crippen molar-refractivity contribution in [1.29, 1.82) is 0 Å². The van der Waals surface area contributed by atoms with Gasteiger partial charge < -0.3 is 10.2 Å². The first kappa shape index (κ1) is 16.9. The molecule has 24 heavy (non-hydrogen) atoms. The second kappa shape index (κ2) is 7.75. The molecule has 1 aliphatic rings. The standard InChI is InChI=1S/C18H19BrFN3O/c19-14-6-4-13(16(20)11-14)5-7-18(24)22-15-8-10-23(12-15)17-3-1-2-9-21-17/h1-4,6,9,11,15H,5,7-8,10,12H2,(H,22,24). The lowest BCUT2D eigenvalue weighted by atomic mass is 10.1. The molecule has 0 spiro atoms. The quantitative estimate of drug-likeness (QED) is 0.850.